The molecule has 0 amide bonds. The van der Waals surface area contributed by atoms with Crippen molar-refractivity contribution in [2.24, 2.45) is 11.8 Å². The van der Waals surface area contributed by atoms with E-state index in [0.717, 1.165) is 76.0 Å². The molecular formula is C40H76O6. The van der Waals surface area contributed by atoms with Crippen molar-refractivity contribution in [3.8, 4) is 0 Å². The predicted octanol–water partition coefficient (Wildman–Crippen LogP) is 11.8. The Morgan fingerprint density at radius 3 is 1.24 bits per heavy atom. The highest BCUT2D eigenvalue weighted by Crippen LogP contribution is 2.16. The van der Waals surface area contributed by atoms with E-state index in [1.807, 2.05) is 0 Å². The maximum absolute atomic E-state index is 12.6. The van der Waals surface area contributed by atoms with Crippen LogP contribution in [0.1, 0.15) is 208 Å². The molecule has 0 rings (SSSR count). The maximum Gasteiger partial charge on any atom is 0.306 e. The van der Waals surface area contributed by atoms with E-state index in [1.165, 1.54) is 89.9 Å². The first-order valence-corrected chi connectivity index (χ1v) is 19.8. The zero-order valence-electron chi connectivity index (χ0n) is 31.2. The van der Waals surface area contributed by atoms with Crippen LogP contribution in [0.4, 0.5) is 0 Å². The Hall–Kier alpha value is -1.59. The third-order valence-corrected chi connectivity index (χ3v) is 9.08. The van der Waals surface area contributed by atoms with E-state index < -0.39 is 6.10 Å². The fourth-order valence-electron chi connectivity index (χ4n) is 5.66. The van der Waals surface area contributed by atoms with Crippen LogP contribution < -0.4 is 0 Å². The lowest BCUT2D eigenvalue weighted by molar-refractivity contribution is -0.167. The van der Waals surface area contributed by atoms with Gasteiger partial charge in [0.15, 0.2) is 6.10 Å². The van der Waals surface area contributed by atoms with E-state index in [2.05, 4.69) is 34.6 Å². The first-order chi connectivity index (χ1) is 22.3. The van der Waals surface area contributed by atoms with Crippen molar-refractivity contribution in [2.45, 2.75) is 214 Å². The number of hydrogen-bond acceptors (Lipinski definition) is 6. The van der Waals surface area contributed by atoms with Gasteiger partial charge >= 0.3 is 17.9 Å². The lowest BCUT2D eigenvalue weighted by atomic mass is 9.99. The van der Waals surface area contributed by atoms with Crippen molar-refractivity contribution < 1.29 is 28.6 Å². The Bertz CT molecular complexity index is 706. The average Bonchev–Trinajstić information content (AvgIpc) is 3.03. The fraction of sp³-hybridized carbons (Fsp3) is 0.925. The summed E-state index contributed by atoms with van der Waals surface area (Å²) >= 11 is 0. The topological polar surface area (TPSA) is 78.9 Å². The van der Waals surface area contributed by atoms with Crippen molar-refractivity contribution in [3.05, 3.63) is 0 Å². The first-order valence-electron chi connectivity index (χ1n) is 19.8. The van der Waals surface area contributed by atoms with Gasteiger partial charge in [-0.05, 0) is 31.1 Å². The van der Waals surface area contributed by atoms with E-state index in [0.29, 0.717) is 19.3 Å². The van der Waals surface area contributed by atoms with Gasteiger partial charge in [-0.2, -0.15) is 0 Å². The highest BCUT2D eigenvalue weighted by molar-refractivity contribution is 5.71. The fourth-order valence-corrected chi connectivity index (χ4v) is 5.66. The van der Waals surface area contributed by atoms with Crippen molar-refractivity contribution in [2.75, 3.05) is 13.2 Å². The third-order valence-electron chi connectivity index (χ3n) is 9.08. The van der Waals surface area contributed by atoms with Gasteiger partial charge in [-0.3, -0.25) is 14.4 Å². The molecule has 1 unspecified atom stereocenters. The smallest absolute Gasteiger partial charge is 0.306 e. The van der Waals surface area contributed by atoms with Crippen molar-refractivity contribution in [3.63, 3.8) is 0 Å². The molecule has 272 valence electrons. The number of carbonyl (C=O) groups is 3. The maximum atomic E-state index is 12.6. The van der Waals surface area contributed by atoms with Crippen LogP contribution >= 0.6 is 0 Å². The van der Waals surface area contributed by atoms with E-state index in [-0.39, 0.29) is 31.1 Å². The van der Waals surface area contributed by atoms with Gasteiger partial charge in [0.1, 0.15) is 13.2 Å². The predicted molar refractivity (Wildman–Crippen MR) is 192 cm³/mol. The Morgan fingerprint density at radius 2 is 0.826 bits per heavy atom. The van der Waals surface area contributed by atoms with Gasteiger partial charge in [-0.25, -0.2) is 0 Å². The van der Waals surface area contributed by atoms with Crippen molar-refractivity contribution in [1.82, 2.24) is 0 Å². The second-order valence-corrected chi connectivity index (χ2v) is 14.3. The van der Waals surface area contributed by atoms with E-state index in [1.54, 1.807) is 0 Å². The van der Waals surface area contributed by atoms with Crippen LogP contribution in [0.25, 0.3) is 0 Å². The summed E-state index contributed by atoms with van der Waals surface area (Å²) in [6, 6.07) is 0. The summed E-state index contributed by atoms with van der Waals surface area (Å²) in [5.74, 6) is 0.759. The molecule has 0 aromatic rings. The Labute approximate surface area is 285 Å². The lowest BCUT2D eigenvalue weighted by Crippen LogP contribution is -2.30. The van der Waals surface area contributed by atoms with Crippen LogP contribution in [0.15, 0.2) is 0 Å². The summed E-state index contributed by atoms with van der Waals surface area (Å²) in [5.41, 5.74) is 0. The number of ether oxygens (including phenoxy) is 3. The Kier molecular flexibility index (Phi) is 32.2. The zero-order chi connectivity index (χ0) is 34.1. The molecule has 6 nitrogen and oxygen atoms in total. The molecule has 0 heterocycles. The molecular weight excluding hydrogens is 576 g/mol. The van der Waals surface area contributed by atoms with Gasteiger partial charge in [-0.15, -0.1) is 0 Å². The molecule has 46 heavy (non-hydrogen) atoms. The second-order valence-electron chi connectivity index (χ2n) is 14.3. The van der Waals surface area contributed by atoms with E-state index in [4.69, 9.17) is 14.2 Å². The van der Waals surface area contributed by atoms with Gasteiger partial charge in [0.2, 0.25) is 0 Å². The molecule has 0 aromatic heterocycles. The minimum atomic E-state index is -0.758. The molecule has 0 aliphatic heterocycles. The van der Waals surface area contributed by atoms with E-state index in [9.17, 15) is 14.4 Å². The molecule has 6 heteroatoms. The van der Waals surface area contributed by atoms with Gasteiger partial charge in [0.05, 0.1) is 0 Å². The highest BCUT2D eigenvalue weighted by Gasteiger charge is 2.19. The summed E-state index contributed by atoms with van der Waals surface area (Å²) in [7, 11) is 0. The molecule has 0 saturated carbocycles. The molecule has 2 atom stereocenters. The number of carbonyl (C=O) groups excluding carboxylic acids is 3. The minimum Gasteiger partial charge on any atom is -0.462 e. The van der Waals surface area contributed by atoms with Crippen LogP contribution in [0, 0.1) is 11.8 Å². The molecule has 0 radical (unpaired) electrons. The largest absolute Gasteiger partial charge is 0.462 e. The number of esters is 3. The number of rotatable bonds is 34. The molecule has 0 fully saturated rings. The number of unbranched alkanes of at least 4 members (excludes halogenated alkanes) is 18. The summed E-state index contributed by atoms with van der Waals surface area (Å²) in [4.78, 5) is 37.2. The monoisotopic (exact) mass is 653 g/mol. The van der Waals surface area contributed by atoms with Crippen LogP contribution in [-0.2, 0) is 28.6 Å². The quantitative estimate of drug-likeness (QED) is 0.0391. The van der Waals surface area contributed by atoms with Crippen molar-refractivity contribution in [1.29, 1.82) is 0 Å². The summed E-state index contributed by atoms with van der Waals surface area (Å²) in [5, 5.41) is 0. The van der Waals surface area contributed by atoms with Crippen LogP contribution in [0.5, 0.6) is 0 Å². The van der Waals surface area contributed by atoms with Crippen LogP contribution in [0.3, 0.4) is 0 Å². The van der Waals surface area contributed by atoms with Gasteiger partial charge in [0.25, 0.3) is 0 Å². The van der Waals surface area contributed by atoms with Crippen molar-refractivity contribution >= 4 is 17.9 Å². The lowest BCUT2D eigenvalue weighted by Gasteiger charge is -2.18. The molecule has 0 spiro atoms. The van der Waals surface area contributed by atoms with Gasteiger partial charge in [0, 0.05) is 19.3 Å². The highest BCUT2D eigenvalue weighted by atomic mass is 16.6. The summed E-state index contributed by atoms with van der Waals surface area (Å²) in [6.45, 7) is 11.2. The molecule has 0 aliphatic carbocycles. The van der Waals surface area contributed by atoms with Gasteiger partial charge < -0.3 is 14.2 Å². The summed E-state index contributed by atoms with van der Waals surface area (Å²) in [6.07, 6.45) is 28.3. The molecule has 0 N–H and O–H groups in total. The number of hydrogen-bond donors (Lipinski definition) is 0. The minimum absolute atomic E-state index is 0.0676. The van der Waals surface area contributed by atoms with Crippen LogP contribution in [0.2, 0.25) is 0 Å². The average molecular weight is 653 g/mol. The standard InChI is InChI=1S/C40H76O6/c1-6-8-9-18-25-30-38(41)44-33-37(46-40(43)32-27-22-17-12-10-14-19-23-28-35(3)4)34-45-39(42)31-26-21-16-13-11-15-20-24-29-36(5)7-2/h35-37H,6-34H2,1-5H3/t36?,37-/m0/s1. The first kappa shape index (κ1) is 44.4. The second kappa shape index (κ2) is 33.3. The van der Waals surface area contributed by atoms with Crippen LogP contribution in [-0.4, -0.2) is 37.2 Å². The molecule has 0 bridgehead atoms. The SMILES string of the molecule is CCCCCCCC(=O)OC[C@@H](COC(=O)CCCCCCCCCCC(C)CC)OC(=O)CCCCCCCCCCC(C)C. The third kappa shape index (κ3) is 32.4. The van der Waals surface area contributed by atoms with Gasteiger partial charge in [-0.1, -0.05) is 169 Å². The molecule has 0 aliphatic rings. The Balaban J connectivity index is 4.28. The van der Waals surface area contributed by atoms with E-state index >= 15 is 0 Å². The molecule has 0 saturated heterocycles. The summed E-state index contributed by atoms with van der Waals surface area (Å²) < 4.78 is 16.5. The zero-order valence-corrected chi connectivity index (χ0v) is 31.2. The normalized spacial score (nSPS) is 12.7. The molecule has 0 aromatic carbocycles. The Morgan fingerprint density at radius 1 is 0.457 bits per heavy atom.